The minimum Gasteiger partial charge on any atom is -0.268 e. The number of carbonyl (C=O) groups is 1. The number of carbonyl (C=O) groups excluding carboxylic acids is 1. The molecule has 0 unspecified atom stereocenters. The fraction of sp³-hybridized carbons (Fsp3) is 0.0556. The lowest BCUT2D eigenvalue weighted by molar-refractivity contribution is 0.0981. The summed E-state index contributed by atoms with van der Waals surface area (Å²) < 4.78 is 26.9. The van der Waals surface area contributed by atoms with Crippen molar-refractivity contribution in [3.63, 3.8) is 0 Å². The molecule has 0 bridgehead atoms. The molecule has 23 heavy (non-hydrogen) atoms. The Morgan fingerprint density at radius 3 is 2.26 bits per heavy atom. The molecule has 0 aliphatic heterocycles. The van der Waals surface area contributed by atoms with Gasteiger partial charge in [-0.05, 0) is 41.5 Å². The Labute approximate surface area is 134 Å². The highest BCUT2D eigenvalue weighted by Crippen LogP contribution is 2.17. The molecule has 0 atom stereocenters. The molecule has 0 heterocycles. The van der Waals surface area contributed by atoms with Gasteiger partial charge in [0.2, 0.25) is 0 Å². The van der Waals surface area contributed by atoms with Crippen molar-refractivity contribution in [1.29, 1.82) is 0 Å². The Morgan fingerprint density at radius 1 is 0.870 bits per heavy atom. The third-order valence-electron chi connectivity index (χ3n) is 3.62. The Morgan fingerprint density at radius 2 is 1.52 bits per heavy atom. The van der Waals surface area contributed by atoms with E-state index < -0.39 is 15.9 Å². The van der Waals surface area contributed by atoms with E-state index in [2.05, 4.69) is 4.72 Å². The van der Waals surface area contributed by atoms with Crippen molar-refractivity contribution < 1.29 is 13.2 Å². The lowest BCUT2D eigenvalue weighted by Gasteiger charge is -2.09. The van der Waals surface area contributed by atoms with Gasteiger partial charge in [-0.25, -0.2) is 13.1 Å². The number of hydrogen-bond acceptors (Lipinski definition) is 3. The van der Waals surface area contributed by atoms with Crippen LogP contribution in [0.2, 0.25) is 0 Å². The van der Waals surface area contributed by atoms with Crippen molar-refractivity contribution in [3.8, 4) is 0 Å². The molecule has 3 rings (SSSR count). The maximum absolute atomic E-state index is 12.4. The number of rotatable bonds is 3. The number of benzene rings is 3. The van der Waals surface area contributed by atoms with Gasteiger partial charge in [-0.2, -0.15) is 0 Å². The fourth-order valence-corrected chi connectivity index (χ4v) is 3.65. The van der Waals surface area contributed by atoms with Gasteiger partial charge >= 0.3 is 0 Å². The zero-order valence-corrected chi connectivity index (χ0v) is 13.3. The van der Waals surface area contributed by atoms with Gasteiger partial charge in [0.1, 0.15) is 0 Å². The number of amides is 1. The lowest BCUT2D eigenvalue weighted by Crippen LogP contribution is -2.31. The highest BCUT2D eigenvalue weighted by molar-refractivity contribution is 7.90. The second-order valence-corrected chi connectivity index (χ2v) is 6.91. The van der Waals surface area contributed by atoms with Crippen LogP contribution in [0.5, 0.6) is 0 Å². The van der Waals surface area contributed by atoms with Gasteiger partial charge in [0.25, 0.3) is 15.9 Å². The summed E-state index contributed by atoms with van der Waals surface area (Å²) in [5, 5.41) is 1.87. The molecule has 3 aromatic carbocycles. The fourth-order valence-electron chi connectivity index (χ4n) is 2.42. The van der Waals surface area contributed by atoms with Gasteiger partial charge in [-0.1, -0.05) is 48.5 Å². The SMILES string of the molecule is Cc1ccccc1S(=O)(=O)NC(=O)c1ccc2ccccc2c1. The third kappa shape index (κ3) is 3.10. The van der Waals surface area contributed by atoms with Crippen LogP contribution < -0.4 is 4.72 Å². The minimum atomic E-state index is -3.89. The summed E-state index contributed by atoms with van der Waals surface area (Å²) >= 11 is 0. The Kier molecular flexibility index (Phi) is 3.88. The molecule has 1 N–H and O–H groups in total. The number of aryl methyl sites for hydroxylation is 1. The van der Waals surface area contributed by atoms with Gasteiger partial charge < -0.3 is 0 Å². The molecule has 0 saturated heterocycles. The predicted octanol–water partition coefficient (Wildman–Crippen LogP) is 3.27. The Hall–Kier alpha value is -2.66. The molecule has 0 spiro atoms. The number of fused-ring (bicyclic) bond motifs is 1. The van der Waals surface area contributed by atoms with E-state index in [1.165, 1.54) is 6.07 Å². The Balaban J connectivity index is 1.92. The van der Waals surface area contributed by atoms with Crippen LogP contribution in [0.25, 0.3) is 10.8 Å². The van der Waals surface area contributed by atoms with Crippen LogP contribution in [0.3, 0.4) is 0 Å². The minimum absolute atomic E-state index is 0.106. The molecule has 0 aromatic heterocycles. The summed E-state index contributed by atoms with van der Waals surface area (Å²) in [6, 6.07) is 19.2. The van der Waals surface area contributed by atoms with Crippen LogP contribution in [0, 0.1) is 6.92 Å². The van der Waals surface area contributed by atoms with Crippen LogP contribution >= 0.6 is 0 Å². The van der Waals surface area contributed by atoms with E-state index in [9.17, 15) is 13.2 Å². The highest BCUT2D eigenvalue weighted by atomic mass is 32.2. The summed E-state index contributed by atoms with van der Waals surface area (Å²) in [7, 11) is -3.89. The van der Waals surface area contributed by atoms with E-state index in [1.807, 2.05) is 24.3 Å². The Bertz CT molecular complexity index is 994. The maximum Gasteiger partial charge on any atom is 0.265 e. The van der Waals surface area contributed by atoms with E-state index in [-0.39, 0.29) is 4.90 Å². The first-order valence-corrected chi connectivity index (χ1v) is 8.57. The van der Waals surface area contributed by atoms with Crippen LogP contribution in [0.15, 0.2) is 71.6 Å². The van der Waals surface area contributed by atoms with Gasteiger partial charge in [0.15, 0.2) is 0 Å². The molecule has 0 fully saturated rings. The number of nitrogens with one attached hydrogen (secondary N) is 1. The largest absolute Gasteiger partial charge is 0.268 e. The van der Waals surface area contributed by atoms with Crippen LogP contribution in [-0.4, -0.2) is 14.3 Å². The van der Waals surface area contributed by atoms with Gasteiger partial charge in [0, 0.05) is 5.56 Å². The van der Waals surface area contributed by atoms with Crippen molar-refractivity contribution in [2.75, 3.05) is 0 Å². The van der Waals surface area contributed by atoms with Crippen molar-refractivity contribution >= 4 is 26.7 Å². The normalized spacial score (nSPS) is 11.3. The molecule has 0 aliphatic carbocycles. The van der Waals surface area contributed by atoms with E-state index >= 15 is 0 Å². The zero-order chi connectivity index (χ0) is 16.4. The average Bonchev–Trinajstić information content (AvgIpc) is 2.54. The van der Waals surface area contributed by atoms with Crippen molar-refractivity contribution in [3.05, 3.63) is 77.9 Å². The smallest absolute Gasteiger partial charge is 0.265 e. The molecular weight excluding hydrogens is 310 g/mol. The van der Waals surface area contributed by atoms with E-state index in [0.717, 1.165) is 10.8 Å². The van der Waals surface area contributed by atoms with Crippen LogP contribution in [-0.2, 0) is 10.0 Å². The molecule has 1 amide bonds. The first-order valence-electron chi connectivity index (χ1n) is 7.09. The molecule has 5 heteroatoms. The van der Waals surface area contributed by atoms with Gasteiger partial charge in [0.05, 0.1) is 4.90 Å². The maximum atomic E-state index is 12.4. The topological polar surface area (TPSA) is 63.2 Å². The zero-order valence-electron chi connectivity index (χ0n) is 12.5. The predicted molar refractivity (Wildman–Crippen MR) is 89.8 cm³/mol. The molecule has 0 saturated carbocycles. The van der Waals surface area contributed by atoms with Crippen LogP contribution in [0.1, 0.15) is 15.9 Å². The van der Waals surface area contributed by atoms with Crippen molar-refractivity contribution in [1.82, 2.24) is 4.72 Å². The highest BCUT2D eigenvalue weighted by Gasteiger charge is 2.20. The molecule has 0 aliphatic rings. The molecule has 3 aromatic rings. The second-order valence-electron chi connectivity index (χ2n) is 5.26. The first kappa shape index (κ1) is 15.2. The quantitative estimate of drug-likeness (QED) is 0.804. The first-order chi connectivity index (χ1) is 11.0. The van der Waals surface area contributed by atoms with E-state index in [1.54, 1.807) is 43.3 Å². The molecule has 116 valence electrons. The third-order valence-corrected chi connectivity index (χ3v) is 5.11. The van der Waals surface area contributed by atoms with E-state index in [4.69, 9.17) is 0 Å². The van der Waals surface area contributed by atoms with Crippen molar-refractivity contribution in [2.45, 2.75) is 11.8 Å². The summed E-state index contributed by atoms with van der Waals surface area (Å²) in [5.74, 6) is -0.640. The van der Waals surface area contributed by atoms with Crippen molar-refractivity contribution in [2.24, 2.45) is 0 Å². The van der Waals surface area contributed by atoms with Gasteiger partial charge in [-0.3, -0.25) is 4.79 Å². The monoisotopic (exact) mass is 325 g/mol. The molecular formula is C18H15NO3S. The number of hydrogen-bond donors (Lipinski definition) is 1. The molecule has 4 nitrogen and oxygen atoms in total. The summed E-state index contributed by atoms with van der Waals surface area (Å²) in [6.45, 7) is 1.69. The summed E-state index contributed by atoms with van der Waals surface area (Å²) in [6.07, 6.45) is 0. The standard InChI is InChI=1S/C18H15NO3S/c1-13-6-2-5-9-17(13)23(21,22)19-18(20)16-11-10-14-7-3-4-8-15(14)12-16/h2-12H,1H3,(H,19,20). The second kappa shape index (κ2) is 5.85. The lowest BCUT2D eigenvalue weighted by atomic mass is 10.1. The van der Waals surface area contributed by atoms with E-state index in [0.29, 0.717) is 11.1 Å². The summed E-state index contributed by atoms with van der Waals surface area (Å²) in [5.41, 5.74) is 0.896. The average molecular weight is 325 g/mol. The number of sulfonamides is 1. The summed E-state index contributed by atoms with van der Waals surface area (Å²) in [4.78, 5) is 12.4. The van der Waals surface area contributed by atoms with Crippen LogP contribution in [0.4, 0.5) is 0 Å². The van der Waals surface area contributed by atoms with Gasteiger partial charge in [-0.15, -0.1) is 0 Å². The molecule has 0 radical (unpaired) electrons.